The fraction of sp³-hybridized carbons (Fsp3) is 0.964. The monoisotopic (exact) mass is 429 g/mol. The van der Waals surface area contributed by atoms with Crippen molar-refractivity contribution in [2.45, 2.75) is 97.3 Å². The second-order valence-corrected chi connectivity index (χ2v) is 12.5. The molecule has 0 N–H and O–H groups in total. The van der Waals surface area contributed by atoms with Gasteiger partial charge in [-0.1, -0.05) is 13.8 Å². The molecule has 0 radical (unpaired) electrons. The molecule has 0 amide bonds. The number of carbonyl (C=O) groups excluding carboxylic acids is 1. The lowest BCUT2D eigenvalue weighted by atomic mass is 9.44. The normalized spacial score (nSPS) is 45.4. The molecule has 4 aliphatic carbocycles. The molecule has 5 rings (SSSR count). The van der Waals surface area contributed by atoms with Gasteiger partial charge >= 0.3 is 0 Å². The minimum atomic E-state index is 0.0380. The number of ketones is 1. The summed E-state index contributed by atoms with van der Waals surface area (Å²) < 4.78 is 5.97. The lowest BCUT2D eigenvalue weighted by Crippen LogP contribution is -2.53. The molecule has 5 aliphatic rings. The predicted molar refractivity (Wildman–Crippen MR) is 126 cm³/mol. The number of rotatable bonds is 7. The third-order valence-corrected chi connectivity index (χ3v) is 11.1. The molecule has 3 nitrogen and oxygen atoms in total. The van der Waals surface area contributed by atoms with Crippen LogP contribution in [-0.2, 0) is 9.53 Å². The Balaban J connectivity index is 1.08. The molecule has 0 aromatic carbocycles. The van der Waals surface area contributed by atoms with E-state index in [2.05, 4.69) is 18.7 Å². The van der Waals surface area contributed by atoms with E-state index in [-0.39, 0.29) is 5.41 Å². The van der Waals surface area contributed by atoms with Crippen LogP contribution in [0.25, 0.3) is 0 Å². The Kier molecular flexibility index (Phi) is 6.56. The molecule has 5 fully saturated rings. The second kappa shape index (κ2) is 9.09. The van der Waals surface area contributed by atoms with Gasteiger partial charge in [0, 0.05) is 25.0 Å². The van der Waals surface area contributed by atoms with Crippen molar-refractivity contribution in [2.75, 3.05) is 32.8 Å². The Bertz CT molecular complexity index is 643. The van der Waals surface area contributed by atoms with Gasteiger partial charge in [0.25, 0.3) is 0 Å². The van der Waals surface area contributed by atoms with Crippen LogP contribution in [-0.4, -0.2) is 43.5 Å². The fourth-order valence-corrected chi connectivity index (χ4v) is 9.16. The van der Waals surface area contributed by atoms with Crippen molar-refractivity contribution in [3.63, 3.8) is 0 Å². The number of fused-ring (bicyclic) bond motifs is 5. The zero-order chi connectivity index (χ0) is 21.5. The number of nitrogens with zero attached hydrogens (tertiary/aromatic N) is 1. The van der Waals surface area contributed by atoms with Crippen molar-refractivity contribution < 1.29 is 9.53 Å². The quantitative estimate of drug-likeness (QED) is 0.457. The summed E-state index contributed by atoms with van der Waals surface area (Å²) in [6, 6.07) is 0. The average Bonchev–Trinajstić information content (AvgIpc) is 3.38. The molecule has 0 bridgehead atoms. The Morgan fingerprint density at radius 1 is 0.968 bits per heavy atom. The first-order valence-corrected chi connectivity index (χ1v) is 13.8. The van der Waals surface area contributed by atoms with Gasteiger partial charge in [-0.3, -0.25) is 4.79 Å². The van der Waals surface area contributed by atoms with Crippen LogP contribution in [0.2, 0.25) is 0 Å². The van der Waals surface area contributed by atoms with Crippen LogP contribution < -0.4 is 0 Å². The fourth-order valence-electron chi connectivity index (χ4n) is 9.16. The second-order valence-electron chi connectivity index (χ2n) is 12.5. The lowest BCUT2D eigenvalue weighted by molar-refractivity contribution is -0.140. The summed E-state index contributed by atoms with van der Waals surface area (Å²) in [5.74, 6) is 4.89. The van der Waals surface area contributed by atoms with E-state index < -0.39 is 0 Å². The topological polar surface area (TPSA) is 29.5 Å². The van der Waals surface area contributed by atoms with Crippen molar-refractivity contribution >= 4 is 5.78 Å². The number of ether oxygens (including phenoxy) is 1. The molecule has 176 valence electrons. The summed E-state index contributed by atoms with van der Waals surface area (Å²) in [5, 5.41) is 0. The minimum absolute atomic E-state index is 0.0380. The van der Waals surface area contributed by atoms with Crippen molar-refractivity contribution in [2.24, 2.45) is 40.4 Å². The highest BCUT2D eigenvalue weighted by Gasteiger charge is 2.60. The summed E-state index contributed by atoms with van der Waals surface area (Å²) >= 11 is 0. The van der Waals surface area contributed by atoms with Crippen molar-refractivity contribution in [3.8, 4) is 0 Å². The third kappa shape index (κ3) is 4.16. The maximum Gasteiger partial charge on any atom is 0.139 e. The molecule has 1 saturated heterocycles. The van der Waals surface area contributed by atoms with Gasteiger partial charge in [0.1, 0.15) is 5.78 Å². The van der Waals surface area contributed by atoms with Crippen LogP contribution in [0.5, 0.6) is 0 Å². The number of likely N-dealkylation sites (tertiary alicyclic amines) is 1. The Morgan fingerprint density at radius 3 is 2.65 bits per heavy atom. The molecule has 1 heterocycles. The van der Waals surface area contributed by atoms with Gasteiger partial charge in [-0.05, 0) is 125 Å². The zero-order valence-electron chi connectivity index (χ0n) is 20.4. The summed E-state index contributed by atoms with van der Waals surface area (Å²) in [7, 11) is 0. The maximum absolute atomic E-state index is 12.6. The van der Waals surface area contributed by atoms with Gasteiger partial charge in [0.15, 0.2) is 0 Å². The summed E-state index contributed by atoms with van der Waals surface area (Å²) in [4.78, 5) is 15.2. The van der Waals surface area contributed by atoms with E-state index in [9.17, 15) is 4.79 Å². The van der Waals surface area contributed by atoms with Gasteiger partial charge in [0.2, 0.25) is 0 Å². The van der Waals surface area contributed by atoms with Gasteiger partial charge < -0.3 is 9.64 Å². The molecule has 1 aliphatic heterocycles. The molecule has 0 aromatic heterocycles. The van der Waals surface area contributed by atoms with Crippen molar-refractivity contribution in [1.29, 1.82) is 0 Å². The summed E-state index contributed by atoms with van der Waals surface area (Å²) in [6.07, 6.45) is 17.1. The van der Waals surface area contributed by atoms with E-state index in [1.807, 2.05) is 0 Å². The van der Waals surface area contributed by atoms with E-state index in [1.165, 1.54) is 90.1 Å². The average molecular weight is 430 g/mol. The van der Waals surface area contributed by atoms with Gasteiger partial charge in [-0.15, -0.1) is 0 Å². The molecular weight excluding hydrogens is 382 g/mol. The molecular formula is C28H47NO2. The lowest BCUT2D eigenvalue weighted by Gasteiger charge is -2.60. The largest absolute Gasteiger partial charge is 0.380 e. The highest BCUT2D eigenvalue weighted by atomic mass is 16.5. The molecule has 7 atom stereocenters. The predicted octanol–water partition coefficient (Wildman–Crippen LogP) is 6.11. The standard InChI is InChI=1S/C28H47NO2/c1-27-13-11-21(6-5-18-31-19-17-29-15-3-4-16-29)20-22(27)7-8-23-24-9-10-26(30)28(24,2)14-12-25(23)27/h21-25H,3-20H2,1-2H3/t21?,22?,23?,24?,25?,27-,28-/m0/s1. The molecule has 5 unspecified atom stereocenters. The number of carbonyl (C=O) groups is 1. The Morgan fingerprint density at radius 2 is 1.81 bits per heavy atom. The molecule has 0 spiro atoms. The van der Waals surface area contributed by atoms with Gasteiger partial charge in [-0.2, -0.15) is 0 Å². The molecule has 4 saturated carbocycles. The van der Waals surface area contributed by atoms with Crippen molar-refractivity contribution in [3.05, 3.63) is 0 Å². The number of Topliss-reactive ketones (excluding diaryl/α,β-unsaturated/α-hetero) is 1. The van der Waals surface area contributed by atoms with Crippen molar-refractivity contribution in [1.82, 2.24) is 4.90 Å². The van der Waals surface area contributed by atoms with E-state index >= 15 is 0 Å². The summed E-state index contributed by atoms with van der Waals surface area (Å²) in [5.41, 5.74) is 0.592. The highest BCUT2D eigenvalue weighted by molar-refractivity contribution is 5.87. The Hall–Kier alpha value is -0.410. The zero-order valence-corrected chi connectivity index (χ0v) is 20.4. The van der Waals surface area contributed by atoms with Crippen LogP contribution >= 0.6 is 0 Å². The highest BCUT2D eigenvalue weighted by Crippen LogP contribution is 2.66. The van der Waals surface area contributed by atoms with Crippen LogP contribution in [0.3, 0.4) is 0 Å². The van der Waals surface area contributed by atoms with Gasteiger partial charge in [0.05, 0.1) is 6.61 Å². The smallest absolute Gasteiger partial charge is 0.139 e. The Labute approximate surface area is 191 Å². The van der Waals surface area contributed by atoms with E-state index in [0.717, 1.165) is 49.9 Å². The number of hydrogen-bond donors (Lipinski definition) is 0. The first kappa shape index (κ1) is 22.4. The maximum atomic E-state index is 12.6. The van der Waals surface area contributed by atoms with Crippen LogP contribution in [0.1, 0.15) is 97.3 Å². The van der Waals surface area contributed by atoms with Gasteiger partial charge in [-0.25, -0.2) is 0 Å². The first-order valence-electron chi connectivity index (χ1n) is 13.8. The van der Waals surface area contributed by atoms with Crippen LogP contribution in [0.15, 0.2) is 0 Å². The first-order chi connectivity index (χ1) is 15.0. The van der Waals surface area contributed by atoms with E-state index in [0.29, 0.717) is 17.1 Å². The summed E-state index contributed by atoms with van der Waals surface area (Å²) in [6.45, 7) is 10.6. The molecule has 31 heavy (non-hydrogen) atoms. The molecule has 0 aromatic rings. The van der Waals surface area contributed by atoms with E-state index in [4.69, 9.17) is 4.74 Å². The number of hydrogen-bond acceptors (Lipinski definition) is 3. The van der Waals surface area contributed by atoms with Crippen LogP contribution in [0.4, 0.5) is 0 Å². The van der Waals surface area contributed by atoms with Crippen LogP contribution in [0, 0.1) is 40.4 Å². The minimum Gasteiger partial charge on any atom is -0.380 e. The third-order valence-electron chi connectivity index (χ3n) is 11.1. The molecule has 3 heteroatoms. The van der Waals surface area contributed by atoms with E-state index in [1.54, 1.807) is 0 Å². The SMILES string of the molecule is C[C@]12CCC(CCCOCCN3CCCC3)CC1CCC1C2CC[C@]2(C)C(=O)CCC12.